The Hall–Kier alpha value is -2.63. The molecule has 0 bridgehead atoms. The molecule has 0 spiro atoms. The third-order valence-corrected chi connectivity index (χ3v) is 6.68. The molecule has 0 saturated carbocycles. The van der Waals surface area contributed by atoms with Crippen LogP contribution < -0.4 is 14.8 Å². The molecule has 2 aromatic rings. The van der Waals surface area contributed by atoms with Crippen molar-refractivity contribution in [3.05, 3.63) is 35.2 Å². The van der Waals surface area contributed by atoms with E-state index in [2.05, 4.69) is 15.1 Å². The molecule has 2 aliphatic heterocycles. The number of nitrogens with one attached hydrogen (secondary N) is 2. The average Bonchev–Trinajstić information content (AvgIpc) is 3.05. The zero-order valence-electron chi connectivity index (χ0n) is 17.4. The van der Waals surface area contributed by atoms with Crippen molar-refractivity contribution in [2.75, 3.05) is 51.4 Å². The van der Waals surface area contributed by atoms with E-state index in [1.807, 2.05) is 34.4 Å². The van der Waals surface area contributed by atoms with Gasteiger partial charge in [-0.05, 0) is 12.1 Å². The lowest BCUT2D eigenvalue weighted by molar-refractivity contribution is -0.119. The summed E-state index contributed by atoms with van der Waals surface area (Å²) in [6, 6.07) is 7.95. The maximum absolute atomic E-state index is 11.8. The molecule has 0 aliphatic carbocycles. The molecule has 11 heteroatoms. The van der Waals surface area contributed by atoms with Gasteiger partial charge >= 0.3 is 0 Å². The van der Waals surface area contributed by atoms with Gasteiger partial charge in [-0.1, -0.05) is 12.1 Å². The van der Waals surface area contributed by atoms with Crippen molar-refractivity contribution in [3.63, 3.8) is 0 Å². The molecule has 166 valence electrons. The molecule has 2 N–H and O–H groups in total. The molecule has 0 radical (unpaired) electrons. The van der Waals surface area contributed by atoms with Gasteiger partial charge < -0.3 is 15.0 Å². The smallest absolute Gasteiger partial charge is 0.234 e. The molecular weight excluding hydrogens is 438 g/mol. The molecule has 1 aromatic heterocycles. The van der Waals surface area contributed by atoms with Gasteiger partial charge in [0, 0.05) is 44.5 Å². The standard InChI is InChI=1S/C20H25N5O4S2/c1-29-16-13-30-20-18(16)19(21-14-5-3-4-6-15(14)22-20)25-11-9-24(10-12-25)8-7-17(26)23-31(2,27)28/h3-6,13,22H,7-12H2,1-2H3,(H,23,26). The number of amides is 1. The number of benzene rings is 1. The van der Waals surface area contributed by atoms with E-state index in [0.29, 0.717) is 6.54 Å². The highest BCUT2D eigenvalue weighted by molar-refractivity contribution is 7.89. The van der Waals surface area contributed by atoms with Crippen molar-refractivity contribution < 1.29 is 17.9 Å². The molecule has 1 fully saturated rings. The van der Waals surface area contributed by atoms with Crippen molar-refractivity contribution in [2.24, 2.45) is 4.99 Å². The maximum atomic E-state index is 11.8. The average molecular weight is 464 g/mol. The summed E-state index contributed by atoms with van der Waals surface area (Å²) in [5.41, 5.74) is 2.80. The monoisotopic (exact) mass is 463 g/mol. The van der Waals surface area contributed by atoms with Gasteiger partial charge in [-0.2, -0.15) is 0 Å². The van der Waals surface area contributed by atoms with Crippen LogP contribution in [0.2, 0.25) is 0 Å². The topological polar surface area (TPSA) is 103 Å². The van der Waals surface area contributed by atoms with Crippen molar-refractivity contribution in [1.82, 2.24) is 14.5 Å². The lowest BCUT2D eigenvalue weighted by atomic mass is 10.2. The molecule has 3 heterocycles. The molecular formula is C20H25N5O4S2. The van der Waals surface area contributed by atoms with Crippen LogP contribution in [0.3, 0.4) is 0 Å². The first-order valence-electron chi connectivity index (χ1n) is 9.92. The Labute approximate surface area is 185 Å². The Balaban J connectivity index is 1.48. The highest BCUT2D eigenvalue weighted by Crippen LogP contribution is 2.42. The van der Waals surface area contributed by atoms with Gasteiger partial charge in [-0.25, -0.2) is 13.4 Å². The lowest BCUT2D eigenvalue weighted by Crippen LogP contribution is -2.49. The van der Waals surface area contributed by atoms with E-state index in [-0.39, 0.29) is 6.42 Å². The number of para-hydroxylation sites is 2. The Morgan fingerprint density at radius 2 is 2.00 bits per heavy atom. The summed E-state index contributed by atoms with van der Waals surface area (Å²) < 4.78 is 30.0. The number of carbonyl (C=O) groups is 1. The van der Waals surface area contributed by atoms with Gasteiger partial charge in [-0.15, -0.1) is 11.3 Å². The van der Waals surface area contributed by atoms with E-state index in [1.165, 1.54) is 0 Å². The second kappa shape index (κ2) is 8.85. The second-order valence-corrected chi connectivity index (χ2v) is 10.1. The lowest BCUT2D eigenvalue weighted by Gasteiger charge is -2.36. The number of carbonyl (C=O) groups excluding carboxylic acids is 1. The molecule has 9 nitrogen and oxygen atoms in total. The minimum absolute atomic E-state index is 0.147. The van der Waals surface area contributed by atoms with Crippen LogP contribution in [-0.4, -0.2) is 76.0 Å². The predicted molar refractivity (Wildman–Crippen MR) is 122 cm³/mol. The number of aliphatic imine (C=N–C) groups is 1. The van der Waals surface area contributed by atoms with Crippen molar-refractivity contribution >= 4 is 49.5 Å². The summed E-state index contributed by atoms with van der Waals surface area (Å²) in [5, 5.41) is 6.46. The summed E-state index contributed by atoms with van der Waals surface area (Å²) in [4.78, 5) is 21.2. The molecule has 1 amide bonds. The fourth-order valence-corrected chi connectivity index (χ4v) is 5.13. The van der Waals surface area contributed by atoms with Crippen molar-refractivity contribution in [2.45, 2.75) is 6.42 Å². The molecule has 31 heavy (non-hydrogen) atoms. The van der Waals surface area contributed by atoms with Gasteiger partial charge in [0.2, 0.25) is 15.9 Å². The third-order valence-electron chi connectivity index (χ3n) is 5.21. The number of sulfonamides is 1. The van der Waals surface area contributed by atoms with E-state index >= 15 is 0 Å². The normalized spacial score (nSPS) is 16.5. The molecule has 4 rings (SSSR count). The van der Waals surface area contributed by atoms with Crippen LogP contribution in [0.15, 0.2) is 34.6 Å². The Bertz CT molecular complexity index is 1100. The van der Waals surface area contributed by atoms with Crippen LogP contribution in [0.5, 0.6) is 5.75 Å². The highest BCUT2D eigenvalue weighted by Gasteiger charge is 2.29. The zero-order valence-corrected chi connectivity index (χ0v) is 19.1. The SMILES string of the molecule is COc1csc2c1C(N1CCN(CCC(=O)NS(C)(=O)=O)CC1)=Nc1ccccc1N2. The highest BCUT2D eigenvalue weighted by atomic mass is 32.2. The van der Waals surface area contributed by atoms with Gasteiger partial charge in [0.1, 0.15) is 16.6 Å². The quantitative estimate of drug-likeness (QED) is 0.699. The van der Waals surface area contributed by atoms with Gasteiger partial charge in [0.05, 0.1) is 30.3 Å². The minimum Gasteiger partial charge on any atom is -0.495 e. The van der Waals surface area contributed by atoms with Crippen LogP contribution in [0.25, 0.3) is 0 Å². The fraction of sp³-hybridized carbons (Fsp3) is 0.400. The first-order valence-corrected chi connectivity index (χ1v) is 12.7. The number of nitrogens with zero attached hydrogens (tertiary/aromatic N) is 3. The Morgan fingerprint density at radius 3 is 2.71 bits per heavy atom. The fourth-order valence-electron chi connectivity index (χ4n) is 3.69. The summed E-state index contributed by atoms with van der Waals surface area (Å²) in [7, 11) is -1.85. The number of anilines is 2. The molecule has 2 aliphatic rings. The van der Waals surface area contributed by atoms with E-state index in [1.54, 1.807) is 18.4 Å². The van der Waals surface area contributed by atoms with Gasteiger partial charge in [0.15, 0.2) is 0 Å². The number of hydrogen-bond donors (Lipinski definition) is 2. The van der Waals surface area contributed by atoms with E-state index in [0.717, 1.165) is 66.0 Å². The Kier molecular flexibility index (Phi) is 6.17. The molecule has 1 saturated heterocycles. The van der Waals surface area contributed by atoms with Gasteiger partial charge in [0.25, 0.3) is 0 Å². The predicted octanol–water partition coefficient (Wildman–Crippen LogP) is 1.98. The first-order chi connectivity index (χ1) is 14.8. The summed E-state index contributed by atoms with van der Waals surface area (Å²) in [5.74, 6) is 1.19. The second-order valence-electron chi connectivity index (χ2n) is 7.46. The largest absolute Gasteiger partial charge is 0.495 e. The molecule has 1 aromatic carbocycles. The van der Waals surface area contributed by atoms with Crippen LogP contribution in [-0.2, 0) is 14.8 Å². The summed E-state index contributed by atoms with van der Waals surface area (Å²) in [6.07, 6.45) is 1.13. The van der Waals surface area contributed by atoms with Crippen LogP contribution >= 0.6 is 11.3 Å². The number of thiophene rings is 1. The van der Waals surface area contributed by atoms with Gasteiger partial charge in [-0.3, -0.25) is 14.4 Å². The van der Waals surface area contributed by atoms with Crippen LogP contribution in [0.4, 0.5) is 16.4 Å². The molecule has 0 unspecified atom stereocenters. The summed E-state index contributed by atoms with van der Waals surface area (Å²) in [6.45, 7) is 3.50. The van der Waals surface area contributed by atoms with E-state index < -0.39 is 15.9 Å². The maximum Gasteiger partial charge on any atom is 0.234 e. The molecule has 0 atom stereocenters. The first kappa shape index (κ1) is 21.6. The third kappa shape index (κ3) is 5.00. The number of fused-ring (bicyclic) bond motifs is 2. The number of ether oxygens (including phenoxy) is 1. The van der Waals surface area contributed by atoms with Crippen LogP contribution in [0.1, 0.15) is 12.0 Å². The minimum atomic E-state index is -3.52. The number of methoxy groups -OCH3 is 1. The number of amidine groups is 1. The number of piperazine rings is 1. The summed E-state index contributed by atoms with van der Waals surface area (Å²) >= 11 is 1.59. The van der Waals surface area contributed by atoms with Crippen molar-refractivity contribution in [3.8, 4) is 5.75 Å². The zero-order chi connectivity index (χ0) is 22.0. The van der Waals surface area contributed by atoms with E-state index in [9.17, 15) is 13.2 Å². The van der Waals surface area contributed by atoms with Crippen LogP contribution in [0, 0.1) is 0 Å². The van der Waals surface area contributed by atoms with E-state index in [4.69, 9.17) is 9.73 Å². The number of rotatable bonds is 5. The number of hydrogen-bond acceptors (Lipinski definition) is 9. The van der Waals surface area contributed by atoms with Crippen molar-refractivity contribution in [1.29, 1.82) is 0 Å². The Morgan fingerprint density at radius 1 is 1.26 bits per heavy atom.